The van der Waals surface area contributed by atoms with Gasteiger partial charge in [-0.25, -0.2) is 4.98 Å². The van der Waals surface area contributed by atoms with Crippen molar-refractivity contribution in [1.29, 1.82) is 0 Å². The Bertz CT molecular complexity index is 406. The molecule has 1 aliphatic heterocycles. The molecule has 18 heavy (non-hydrogen) atoms. The summed E-state index contributed by atoms with van der Waals surface area (Å²) in [6, 6.07) is 0. The maximum Gasteiger partial charge on any atom is 0.186 e. The van der Waals surface area contributed by atoms with Crippen molar-refractivity contribution < 1.29 is 9.53 Å². The van der Waals surface area contributed by atoms with Crippen LogP contribution in [-0.4, -0.2) is 37.1 Å². The number of carbonyl (C=O) groups excluding carboxylic acids is 1. The van der Waals surface area contributed by atoms with Gasteiger partial charge in [0.1, 0.15) is 0 Å². The van der Waals surface area contributed by atoms with Gasteiger partial charge >= 0.3 is 0 Å². The van der Waals surface area contributed by atoms with Gasteiger partial charge in [0.2, 0.25) is 0 Å². The summed E-state index contributed by atoms with van der Waals surface area (Å²) in [7, 11) is 0. The monoisotopic (exact) mass is 268 g/mol. The van der Waals surface area contributed by atoms with Crippen molar-refractivity contribution in [2.75, 3.05) is 24.6 Å². The van der Waals surface area contributed by atoms with Crippen molar-refractivity contribution in [2.24, 2.45) is 0 Å². The molecule has 5 heteroatoms. The molecule has 1 fully saturated rings. The Morgan fingerprint density at radius 2 is 2.44 bits per heavy atom. The topological polar surface area (TPSA) is 42.4 Å². The molecule has 0 saturated carbocycles. The van der Waals surface area contributed by atoms with Gasteiger partial charge < -0.3 is 9.64 Å². The minimum Gasteiger partial charge on any atom is -0.377 e. The summed E-state index contributed by atoms with van der Waals surface area (Å²) in [5, 5.41) is 0.970. The van der Waals surface area contributed by atoms with Gasteiger partial charge in [-0.3, -0.25) is 4.79 Å². The molecule has 1 aliphatic rings. The van der Waals surface area contributed by atoms with Gasteiger partial charge in [-0.15, -0.1) is 0 Å². The summed E-state index contributed by atoms with van der Waals surface area (Å²) in [6.07, 6.45) is 4.08. The molecule has 0 aliphatic carbocycles. The predicted molar refractivity (Wildman–Crippen MR) is 73.7 cm³/mol. The number of hydrogen-bond acceptors (Lipinski definition) is 5. The number of aldehydes is 1. The molecule has 4 nitrogen and oxygen atoms in total. The Hall–Kier alpha value is -0.940. The van der Waals surface area contributed by atoms with Gasteiger partial charge in [-0.2, -0.15) is 0 Å². The van der Waals surface area contributed by atoms with Crippen LogP contribution in [0, 0.1) is 0 Å². The van der Waals surface area contributed by atoms with Crippen LogP contribution >= 0.6 is 11.3 Å². The van der Waals surface area contributed by atoms with Gasteiger partial charge in [-0.1, -0.05) is 24.7 Å². The summed E-state index contributed by atoms with van der Waals surface area (Å²) >= 11 is 1.51. The highest BCUT2D eigenvalue weighted by Gasteiger charge is 2.20. The van der Waals surface area contributed by atoms with Gasteiger partial charge in [0.25, 0.3) is 0 Å². The van der Waals surface area contributed by atoms with Crippen LogP contribution in [0.4, 0.5) is 5.13 Å². The summed E-state index contributed by atoms with van der Waals surface area (Å²) < 4.78 is 5.63. The number of aromatic nitrogens is 1. The van der Waals surface area contributed by atoms with E-state index in [0.29, 0.717) is 0 Å². The molecule has 0 bridgehead atoms. The first-order valence-electron chi connectivity index (χ1n) is 6.56. The Labute approximate surface area is 112 Å². The van der Waals surface area contributed by atoms with Crippen LogP contribution in [0.15, 0.2) is 0 Å². The van der Waals surface area contributed by atoms with Crippen molar-refractivity contribution in [1.82, 2.24) is 4.98 Å². The third-order valence-electron chi connectivity index (χ3n) is 3.03. The number of thiazole rings is 1. The number of nitrogens with zero attached hydrogens (tertiary/aromatic N) is 2. The van der Waals surface area contributed by atoms with Crippen molar-refractivity contribution in [3.05, 3.63) is 10.6 Å². The fraction of sp³-hybridized carbons (Fsp3) is 0.692. The van der Waals surface area contributed by atoms with E-state index in [1.165, 1.54) is 11.3 Å². The molecule has 0 radical (unpaired) electrons. The standard InChI is InChI=1S/C13H20N2O2S/c1-3-5-11-12(9-16)18-13(14-11)15-6-4-7-17-10(2)8-15/h9-10H,3-8H2,1-2H3. The Kier molecular flexibility index (Phi) is 4.72. The minimum absolute atomic E-state index is 0.228. The van der Waals surface area contributed by atoms with Crippen LogP contribution in [0.1, 0.15) is 42.1 Å². The van der Waals surface area contributed by atoms with Crippen LogP contribution in [0.25, 0.3) is 0 Å². The van der Waals surface area contributed by atoms with E-state index in [2.05, 4.69) is 23.7 Å². The summed E-state index contributed by atoms with van der Waals surface area (Å²) in [5.74, 6) is 0. The number of hydrogen-bond donors (Lipinski definition) is 0. The van der Waals surface area contributed by atoms with E-state index in [9.17, 15) is 4.79 Å². The van der Waals surface area contributed by atoms with Crippen LogP contribution in [-0.2, 0) is 11.2 Å². The fourth-order valence-electron chi connectivity index (χ4n) is 2.16. The third kappa shape index (κ3) is 3.09. The second kappa shape index (κ2) is 6.29. The average molecular weight is 268 g/mol. The van der Waals surface area contributed by atoms with E-state index in [4.69, 9.17) is 4.74 Å². The van der Waals surface area contributed by atoms with Gasteiger partial charge in [-0.05, 0) is 19.8 Å². The van der Waals surface area contributed by atoms with Crippen molar-refractivity contribution >= 4 is 22.8 Å². The highest BCUT2D eigenvalue weighted by Crippen LogP contribution is 2.27. The van der Waals surface area contributed by atoms with E-state index >= 15 is 0 Å². The average Bonchev–Trinajstić information content (AvgIpc) is 2.64. The first-order valence-corrected chi connectivity index (χ1v) is 7.37. The van der Waals surface area contributed by atoms with Crippen LogP contribution in [0.3, 0.4) is 0 Å². The maximum atomic E-state index is 11.1. The lowest BCUT2D eigenvalue weighted by Gasteiger charge is -2.20. The van der Waals surface area contributed by atoms with Gasteiger partial charge in [0, 0.05) is 19.7 Å². The van der Waals surface area contributed by atoms with Crippen molar-refractivity contribution in [2.45, 2.75) is 39.2 Å². The number of rotatable bonds is 4. The molecule has 1 aromatic heterocycles. The smallest absolute Gasteiger partial charge is 0.186 e. The molecule has 1 unspecified atom stereocenters. The number of carbonyl (C=O) groups is 1. The molecule has 2 rings (SSSR count). The number of anilines is 1. The predicted octanol–water partition coefficient (Wildman–Crippen LogP) is 2.52. The molecule has 1 atom stereocenters. The van der Waals surface area contributed by atoms with Crippen LogP contribution in [0.2, 0.25) is 0 Å². The van der Waals surface area contributed by atoms with E-state index in [-0.39, 0.29) is 6.10 Å². The molecule has 0 amide bonds. The van der Waals surface area contributed by atoms with E-state index in [1.54, 1.807) is 0 Å². The van der Waals surface area contributed by atoms with Crippen molar-refractivity contribution in [3.8, 4) is 0 Å². The second-order valence-electron chi connectivity index (χ2n) is 4.66. The summed E-state index contributed by atoms with van der Waals surface area (Å²) in [4.78, 5) is 18.7. The van der Waals surface area contributed by atoms with Crippen LogP contribution < -0.4 is 4.90 Å². The highest BCUT2D eigenvalue weighted by molar-refractivity contribution is 7.17. The molecule has 1 saturated heterocycles. The summed E-state index contributed by atoms with van der Waals surface area (Å²) in [6.45, 7) is 6.82. The Morgan fingerprint density at radius 3 is 3.17 bits per heavy atom. The second-order valence-corrected chi connectivity index (χ2v) is 5.67. The Morgan fingerprint density at radius 1 is 1.61 bits per heavy atom. The number of aryl methyl sites for hydroxylation is 1. The third-order valence-corrected chi connectivity index (χ3v) is 4.12. The molecule has 100 valence electrons. The van der Waals surface area contributed by atoms with Gasteiger partial charge in [0.15, 0.2) is 11.4 Å². The normalized spacial score (nSPS) is 20.8. The molecule has 1 aromatic rings. The highest BCUT2D eigenvalue weighted by atomic mass is 32.1. The lowest BCUT2D eigenvalue weighted by atomic mass is 10.2. The first-order chi connectivity index (χ1) is 8.74. The lowest BCUT2D eigenvalue weighted by Crippen LogP contribution is -2.29. The summed E-state index contributed by atoms with van der Waals surface area (Å²) in [5.41, 5.74) is 0.949. The first kappa shape index (κ1) is 13.5. The lowest BCUT2D eigenvalue weighted by molar-refractivity contribution is 0.0821. The zero-order valence-corrected chi connectivity index (χ0v) is 11.8. The van der Waals surface area contributed by atoms with E-state index in [0.717, 1.165) is 60.9 Å². The molecule has 2 heterocycles. The number of ether oxygens (including phenoxy) is 1. The maximum absolute atomic E-state index is 11.1. The van der Waals surface area contributed by atoms with E-state index in [1.807, 2.05) is 0 Å². The molecular formula is C13H20N2O2S. The molecular weight excluding hydrogens is 248 g/mol. The van der Waals surface area contributed by atoms with Crippen LogP contribution in [0.5, 0.6) is 0 Å². The zero-order chi connectivity index (χ0) is 13.0. The van der Waals surface area contributed by atoms with E-state index < -0.39 is 0 Å². The molecule has 0 aromatic carbocycles. The quantitative estimate of drug-likeness (QED) is 0.787. The molecule has 0 spiro atoms. The Balaban J connectivity index is 2.18. The SMILES string of the molecule is CCCc1nc(N2CCCOC(C)C2)sc1C=O. The molecule has 0 N–H and O–H groups in total. The van der Waals surface area contributed by atoms with Crippen molar-refractivity contribution in [3.63, 3.8) is 0 Å². The minimum atomic E-state index is 0.228. The van der Waals surface area contributed by atoms with Gasteiger partial charge in [0.05, 0.1) is 16.7 Å². The fourth-order valence-corrected chi connectivity index (χ4v) is 3.12. The zero-order valence-electron chi connectivity index (χ0n) is 11.0. The largest absolute Gasteiger partial charge is 0.377 e.